The number of nitrogens with one attached hydrogen (secondary N) is 2. The SMILES string of the molecule is CCNc1ncnc(Sc2nc3ccccc3[nH]2)c1Br. The number of aromatic amines is 1. The second-order valence-electron chi connectivity index (χ2n) is 4.03. The van der Waals surface area contributed by atoms with Gasteiger partial charge in [0.25, 0.3) is 0 Å². The maximum atomic E-state index is 4.53. The Kier molecular flexibility index (Phi) is 3.88. The summed E-state index contributed by atoms with van der Waals surface area (Å²) in [5.41, 5.74) is 1.97. The fraction of sp³-hybridized carbons (Fsp3) is 0.154. The van der Waals surface area contributed by atoms with Gasteiger partial charge in [0, 0.05) is 6.54 Å². The van der Waals surface area contributed by atoms with Crippen molar-refractivity contribution in [3.63, 3.8) is 0 Å². The van der Waals surface area contributed by atoms with Gasteiger partial charge in [-0.2, -0.15) is 0 Å². The summed E-state index contributed by atoms with van der Waals surface area (Å²) in [5.74, 6) is 0.793. The van der Waals surface area contributed by atoms with E-state index < -0.39 is 0 Å². The predicted molar refractivity (Wildman–Crippen MR) is 84.1 cm³/mol. The number of aromatic nitrogens is 4. The lowest BCUT2D eigenvalue weighted by molar-refractivity contribution is 0.996. The van der Waals surface area contributed by atoms with Crippen LogP contribution in [0.1, 0.15) is 6.92 Å². The summed E-state index contributed by atoms with van der Waals surface area (Å²) in [6, 6.07) is 7.95. The van der Waals surface area contributed by atoms with Crippen molar-refractivity contribution in [3.05, 3.63) is 35.1 Å². The maximum absolute atomic E-state index is 4.53. The van der Waals surface area contributed by atoms with Crippen LogP contribution in [0.3, 0.4) is 0 Å². The third kappa shape index (κ3) is 2.64. The fourth-order valence-electron chi connectivity index (χ4n) is 1.78. The molecule has 0 spiro atoms. The summed E-state index contributed by atoms with van der Waals surface area (Å²) >= 11 is 5.01. The average molecular weight is 350 g/mol. The van der Waals surface area contributed by atoms with E-state index in [0.29, 0.717) is 0 Å². The molecular formula is C13H12BrN5S. The van der Waals surface area contributed by atoms with Crippen LogP contribution in [0.2, 0.25) is 0 Å². The molecule has 0 amide bonds. The number of imidazole rings is 1. The molecule has 2 aromatic heterocycles. The molecule has 0 unspecified atom stereocenters. The van der Waals surface area contributed by atoms with Gasteiger partial charge in [-0.3, -0.25) is 0 Å². The van der Waals surface area contributed by atoms with Crippen LogP contribution in [-0.2, 0) is 0 Å². The van der Waals surface area contributed by atoms with Crippen molar-refractivity contribution >= 4 is 44.5 Å². The van der Waals surface area contributed by atoms with E-state index in [2.05, 4.69) is 41.2 Å². The molecule has 0 aliphatic heterocycles. The molecule has 2 heterocycles. The Hall–Kier alpha value is -1.60. The molecule has 5 nitrogen and oxygen atoms in total. The Morgan fingerprint density at radius 3 is 2.95 bits per heavy atom. The van der Waals surface area contributed by atoms with Gasteiger partial charge in [0.15, 0.2) is 5.16 Å². The number of anilines is 1. The molecule has 0 aliphatic carbocycles. The lowest BCUT2D eigenvalue weighted by Gasteiger charge is -2.06. The lowest BCUT2D eigenvalue weighted by atomic mass is 10.3. The summed E-state index contributed by atoms with van der Waals surface area (Å²) in [5, 5.41) is 4.83. The van der Waals surface area contributed by atoms with E-state index in [1.807, 2.05) is 31.2 Å². The Labute approximate surface area is 128 Å². The normalized spacial score (nSPS) is 10.9. The highest BCUT2D eigenvalue weighted by Gasteiger charge is 2.12. The van der Waals surface area contributed by atoms with Crippen LogP contribution in [0.25, 0.3) is 11.0 Å². The minimum atomic E-state index is 0.793. The average Bonchev–Trinajstić information content (AvgIpc) is 2.86. The molecule has 0 aliphatic rings. The van der Waals surface area contributed by atoms with Gasteiger partial charge < -0.3 is 10.3 Å². The number of benzene rings is 1. The van der Waals surface area contributed by atoms with E-state index in [-0.39, 0.29) is 0 Å². The van der Waals surface area contributed by atoms with Crippen LogP contribution in [0, 0.1) is 0 Å². The highest BCUT2D eigenvalue weighted by Crippen LogP contribution is 2.34. The molecule has 0 radical (unpaired) electrons. The number of hydrogen-bond acceptors (Lipinski definition) is 5. The zero-order valence-corrected chi connectivity index (χ0v) is 13.1. The van der Waals surface area contributed by atoms with E-state index in [4.69, 9.17) is 0 Å². The van der Waals surface area contributed by atoms with Gasteiger partial charge >= 0.3 is 0 Å². The second-order valence-corrected chi connectivity index (χ2v) is 5.80. The molecule has 3 rings (SSSR count). The van der Waals surface area contributed by atoms with E-state index in [1.165, 1.54) is 11.8 Å². The third-order valence-electron chi connectivity index (χ3n) is 2.66. The molecular weight excluding hydrogens is 338 g/mol. The number of rotatable bonds is 4. The molecule has 7 heteroatoms. The van der Waals surface area contributed by atoms with Gasteiger partial charge in [-0.25, -0.2) is 15.0 Å². The third-order valence-corrected chi connectivity index (χ3v) is 4.57. The molecule has 1 aromatic carbocycles. The van der Waals surface area contributed by atoms with Gasteiger partial charge in [0.2, 0.25) is 0 Å². The van der Waals surface area contributed by atoms with E-state index in [1.54, 1.807) is 6.33 Å². The first kappa shape index (κ1) is 13.4. The van der Waals surface area contributed by atoms with Gasteiger partial charge in [-0.15, -0.1) is 0 Å². The Morgan fingerprint density at radius 1 is 1.30 bits per heavy atom. The Morgan fingerprint density at radius 2 is 2.15 bits per heavy atom. The minimum absolute atomic E-state index is 0.793. The topological polar surface area (TPSA) is 66.5 Å². The number of hydrogen-bond donors (Lipinski definition) is 2. The lowest BCUT2D eigenvalue weighted by Crippen LogP contribution is -2.01. The zero-order chi connectivity index (χ0) is 13.9. The maximum Gasteiger partial charge on any atom is 0.172 e. The van der Waals surface area contributed by atoms with Crippen LogP contribution >= 0.6 is 27.7 Å². The summed E-state index contributed by atoms with van der Waals surface area (Å²) in [4.78, 5) is 16.3. The molecule has 0 fully saturated rings. The van der Waals surface area contributed by atoms with Crippen LogP contribution in [0.5, 0.6) is 0 Å². The van der Waals surface area contributed by atoms with Gasteiger partial charge in [-0.05, 0) is 46.7 Å². The summed E-state index contributed by atoms with van der Waals surface area (Å²) in [6.07, 6.45) is 1.55. The van der Waals surface area contributed by atoms with E-state index in [9.17, 15) is 0 Å². The zero-order valence-electron chi connectivity index (χ0n) is 10.7. The van der Waals surface area contributed by atoms with E-state index in [0.717, 1.165) is 38.1 Å². The van der Waals surface area contributed by atoms with Crippen LogP contribution in [0.4, 0.5) is 5.82 Å². The van der Waals surface area contributed by atoms with Gasteiger partial charge in [0.05, 0.1) is 15.5 Å². The van der Waals surface area contributed by atoms with Crippen LogP contribution < -0.4 is 5.32 Å². The van der Waals surface area contributed by atoms with Crippen molar-refractivity contribution in [2.75, 3.05) is 11.9 Å². The Balaban J connectivity index is 1.92. The van der Waals surface area contributed by atoms with Crippen molar-refractivity contribution in [1.82, 2.24) is 19.9 Å². The molecule has 3 aromatic rings. The first-order chi connectivity index (χ1) is 9.78. The number of halogens is 1. The molecule has 2 N–H and O–H groups in total. The fourth-order valence-corrected chi connectivity index (χ4v) is 3.15. The Bertz CT molecular complexity index is 709. The second kappa shape index (κ2) is 5.80. The predicted octanol–water partition coefficient (Wildman–Crippen LogP) is 3.70. The number of H-pyrrole nitrogens is 1. The number of fused-ring (bicyclic) bond motifs is 1. The summed E-state index contributed by atoms with van der Waals surface area (Å²) in [7, 11) is 0. The van der Waals surface area contributed by atoms with Crippen LogP contribution in [0.15, 0.2) is 45.2 Å². The summed E-state index contributed by atoms with van der Waals surface area (Å²) < 4.78 is 0.854. The number of nitrogens with zero attached hydrogens (tertiary/aromatic N) is 3. The van der Waals surface area contributed by atoms with Gasteiger partial charge in [-0.1, -0.05) is 12.1 Å². The monoisotopic (exact) mass is 349 g/mol. The first-order valence-electron chi connectivity index (χ1n) is 6.15. The van der Waals surface area contributed by atoms with Crippen LogP contribution in [-0.4, -0.2) is 26.5 Å². The highest BCUT2D eigenvalue weighted by molar-refractivity contribution is 9.10. The van der Waals surface area contributed by atoms with Crippen molar-refractivity contribution in [2.45, 2.75) is 17.1 Å². The van der Waals surface area contributed by atoms with Crippen molar-refractivity contribution in [3.8, 4) is 0 Å². The first-order valence-corrected chi connectivity index (χ1v) is 7.76. The largest absolute Gasteiger partial charge is 0.369 e. The molecule has 0 atom stereocenters. The van der Waals surface area contributed by atoms with Crippen molar-refractivity contribution in [2.24, 2.45) is 0 Å². The van der Waals surface area contributed by atoms with E-state index >= 15 is 0 Å². The highest BCUT2D eigenvalue weighted by atomic mass is 79.9. The summed E-state index contributed by atoms with van der Waals surface area (Å²) in [6.45, 7) is 2.84. The minimum Gasteiger partial charge on any atom is -0.369 e. The van der Waals surface area contributed by atoms with Crippen molar-refractivity contribution in [1.29, 1.82) is 0 Å². The molecule has 102 valence electrons. The molecule has 20 heavy (non-hydrogen) atoms. The van der Waals surface area contributed by atoms with Gasteiger partial charge in [0.1, 0.15) is 17.2 Å². The standard InChI is InChI=1S/C13H12BrN5S/c1-2-15-11-10(14)12(17-7-16-11)20-13-18-8-5-3-4-6-9(8)19-13/h3-7H,2H2,1H3,(H,18,19)(H,15,16,17). The number of para-hydroxylation sites is 2. The quantitative estimate of drug-likeness (QED) is 0.703. The smallest absolute Gasteiger partial charge is 0.172 e. The molecule has 0 saturated carbocycles. The molecule has 0 saturated heterocycles. The molecule has 0 bridgehead atoms. The van der Waals surface area contributed by atoms with Crippen molar-refractivity contribution < 1.29 is 0 Å².